The molecule has 0 fully saturated rings. The van der Waals surface area contributed by atoms with Gasteiger partial charge in [-0.25, -0.2) is 0 Å². The van der Waals surface area contributed by atoms with E-state index in [1.54, 1.807) is 30.3 Å². The lowest BCUT2D eigenvalue weighted by atomic mass is 9.98. The molecule has 1 aliphatic heterocycles. The molecule has 1 aliphatic rings. The minimum Gasteiger partial charge on any atom is -0.274 e. The average Bonchev–Trinajstić information content (AvgIpc) is 3.04. The van der Waals surface area contributed by atoms with E-state index in [2.05, 4.69) is 10.9 Å². The van der Waals surface area contributed by atoms with Gasteiger partial charge in [0.05, 0.1) is 11.3 Å². The number of fused-ring (bicyclic) bond motifs is 1. The van der Waals surface area contributed by atoms with Crippen molar-refractivity contribution in [3.8, 4) is 0 Å². The van der Waals surface area contributed by atoms with E-state index < -0.39 is 30.2 Å². The molecule has 0 aliphatic carbocycles. The maximum Gasteiger partial charge on any atom is 0.279 e. The van der Waals surface area contributed by atoms with E-state index >= 15 is 0 Å². The molecule has 0 saturated heterocycles. The normalized spacial score (nSPS) is 13.3. The van der Waals surface area contributed by atoms with E-state index in [1.807, 2.05) is 13.8 Å². The molecule has 0 spiro atoms. The number of amides is 4. The van der Waals surface area contributed by atoms with Gasteiger partial charge < -0.3 is 0 Å². The molecule has 4 amide bonds. The summed E-state index contributed by atoms with van der Waals surface area (Å²) in [4.78, 5) is 51.4. The van der Waals surface area contributed by atoms with Crippen molar-refractivity contribution in [3.63, 3.8) is 0 Å². The van der Waals surface area contributed by atoms with Crippen molar-refractivity contribution in [1.82, 2.24) is 15.8 Å². The molecule has 0 atom stereocenters. The van der Waals surface area contributed by atoms with Gasteiger partial charge in [0, 0.05) is 10.4 Å². The zero-order chi connectivity index (χ0) is 19.6. The van der Waals surface area contributed by atoms with Crippen LogP contribution in [0.2, 0.25) is 0 Å². The van der Waals surface area contributed by atoms with Crippen LogP contribution in [0.4, 0.5) is 0 Å². The predicted molar refractivity (Wildman–Crippen MR) is 100 cm³/mol. The van der Waals surface area contributed by atoms with Crippen LogP contribution in [0.1, 0.15) is 43.0 Å². The van der Waals surface area contributed by atoms with Crippen LogP contribution in [-0.4, -0.2) is 35.1 Å². The molecule has 0 bridgehead atoms. The maximum absolute atomic E-state index is 12.4. The van der Waals surface area contributed by atoms with E-state index in [1.165, 1.54) is 11.3 Å². The number of aryl methyl sites for hydroxylation is 2. The first-order valence-corrected chi connectivity index (χ1v) is 9.33. The molecule has 3 rings (SSSR count). The van der Waals surface area contributed by atoms with Crippen LogP contribution in [0.25, 0.3) is 0 Å². The highest BCUT2D eigenvalue weighted by Gasteiger charge is 2.32. The topological polar surface area (TPSA) is 95.6 Å². The fraction of sp³-hybridized carbons (Fsp3) is 0.263. The molecule has 8 heteroatoms. The summed E-state index contributed by atoms with van der Waals surface area (Å²) in [7, 11) is 0. The summed E-state index contributed by atoms with van der Waals surface area (Å²) in [5.41, 5.74) is 6.68. The Morgan fingerprint density at radius 1 is 1.19 bits per heavy atom. The Balaban J connectivity index is 1.60. The van der Waals surface area contributed by atoms with Gasteiger partial charge in [0.25, 0.3) is 17.7 Å². The Labute approximate surface area is 160 Å². The zero-order valence-electron chi connectivity index (χ0n) is 15.0. The van der Waals surface area contributed by atoms with Gasteiger partial charge in [-0.05, 0) is 36.6 Å². The highest BCUT2D eigenvalue weighted by atomic mass is 32.1. The zero-order valence-corrected chi connectivity index (χ0v) is 15.8. The third-order valence-corrected chi connectivity index (χ3v) is 5.70. The highest BCUT2D eigenvalue weighted by Crippen LogP contribution is 2.22. The minimum absolute atomic E-state index is 0.0653. The third-order valence-electron chi connectivity index (χ3n) is 4.32. The van der Waals surface area contributed by atoms with Crippen molar-refractivity contribution in [2.24, 2.45) is 0 Å². The SMILES string of the molecule is CCc1sc(C(=O)NNC(=O)CN2C(=O)Cc3ccccc3C2=O)cc1C. The van der Waals surface area contributed by atoms with Gasteiger partial charge in [-0.1, -0.05) is 25.1 Å². The summed E-state index contributed by atoms with van der Waals surface area (Å²) in [6.07, 6.45) is 0.895. The first-order valence-electron chi connectivity index (χ1n) is 8.51. The Kier molecular flexibility index (Phi) is 5.36. The van der Waals surface area contributed by atoms with E-state index in [0.717, 1.165) is 21.8 Å². The molecule has 1 aromatic heterocycles. The number of benzene rings is 1. The number of imide groups is 1. The summed E-state index contributed by atoms with van der Waals surface area (Å²) < 4.78 is 0. The van der Waals surface area contributed by atoms with Crippen molar-refractivity contribution >= 4 is 35.0 Å². The highest BCUT2D eigenvalue weighted by molar-refractivity contribution is 7.14. The molecule has 0 radical (unpaired) electrons. The van der Waals surface area contributed by atoms with Crippen LogP contribution in [0, 0.1) is 6.92 Å². The van der Waals surface area contributed by atoms with Crippen molar-refractivity contribution < 1.29 is 19.2 Å². The third kappa shape index (κ3) is 3.90. The molecule has 140 valence electrons. The second kappa shape index (κ2) is 7.71. The lowest BCUT2D eigenvalue weighted by Gasteiger charge is -2.26. The first-order chi connectivity index (χ1) is 12.9. The Hall–Kier alpha value is -3.00. The van der Waals surface area contributed by atoms with Gasteiger partial charge in [-0.15, -0.1) is 11.3 Å². The largest absolute Gasteiger partial charge is 0.279 e. The number of hydrazine groups is 1. The first kappa shape index (κ1) is 18.8. The van der Waals surface area contributed by atoms with Crippen molar-refractivity contribution in [2.45, 2.75) is 26.7 Å². The summed E-state index contributed by atoms with van der Waals surface area (Å²) >= 11 is 1.37. The molecule has 27 heavy (non-hydrogen) atoms. The molecule has 1 aromatic carbocycles. The smallest absolute Gasteiger partial charge is 0.274 e. The minimum atomic E-state index is -0.645. The van der Waals surface area contributed by atoms with Crippen molar-refractivity contribution in [2.75, 3.05) is 6.54 Å². The number of carbonyl (C=O) groups is 4. The molecule has 2 aromatic rings. The standard InChI is InChI=1S/C19H19N3O4S/c1-3-14-11(2)8-15(27-14)18(25)21-20-16(23)10-22-17(24)9-12-6-4-5-7-13(12)19(22)26/h4-8H,3,9-10H2,1-2H3,(H,20,23)(H,21,25). The van der Waals surface area contributed by atoms with E-state index in [9.17, 15) is 19.2 Å². The van der Waals surface area contributed by atoms with Crippen LogP contribution in [-0.2, 0) is 22.4 Å². The molecule has 2 N–H and O–H groups in total. The van der Waals surface area contributed by atoms with Gasteiger partial charge in [0.1, 0.15) is 6.54 Å². The van der Waals surface area contributed by atoms with Gasteiger partial charge in [-0.3, -0.25) is 34.9 Å². The van der Waals surface area contributed by atoms with Gasteiger partial charge in [-0.2, -0.15) is 0 Å². The van der Waals surface area contributed by atoms with Crippen LogP contribution < -0.4 is 10.9 Å². The van der Waals surface area contributed by atoms with Gasteiger partial charge in [0.15, 0.2) is 0 Å². The fourth-order valence-corrected chi connectivity index (χ4v) is 3.92. The summed E-state index contributed by atoms with van der Waals surface area (Å²) in [6, 6.07) is 8.57. The summed E-state index contributed by atoms with van der Waals surface area (Å²) in [5.74, 6) is -2.03. The second-order valence-electron chi connectivity index (χ2n) is 6.19. The Morgan fingerprint density at radius 3 is 2.63 bits per heavy atom. The lowest BCUT2D eigenvalue weighted by molar-refractivity contribution is -0.133. The average molecular weight is 385 g/mol. The van der Waals surface area contributed by atoms with E-state index in [-0.39, 0.29) is 6.42 Å². The quantitative estimate of drug-likeness (QED) is 0.617. The van der Waals surface area contributed by atoms with E-state index in [4.69, 9.17) is 0 Å². The maximum atomic E-state index is 12.4. The monoisotopic (exact) mass is 385 g/mol. The summed E-state index contributed by atoms with van der Waals surface area (Å²) in [6.45, 7) is 3.49. The number of thiophene rings is 1. The van der Waals surface area contributed by atoms with Crippen LogP contribution >= 0.6 is 11.3 Å². The van der Waals surface area contributed by atoms with Crippen LogP contribution in [0.5, 0.6) is 0 Å². The molecular formula is C19H19N3O4S. The van der Waals surface area contributed by atoms with Crippen LogP contribution in [0.15, 0.2) is 30.3 Å². The Morgan fingerprint density at radius 2 is 1.93 bits per heavy atom. The number of hydrogen-bond acceptors (Lipinski definition) is 5. The number of carbonyl (C=O) groups excluding carboxylic acids is 4. The molecule has 0 unspecified atom stereocenters. The lowest BCUT2D eigenvalue weighted by Crippen LogP contribution is -2.51. The summed E-state index contributed by atoms with van der Waals surface area (Å²) in [5, 5.41) is 0. The number of nitrogens with zero attached hydrogens (tertiary/aromatic N) is 1. The number of nitrogens with one attached hydrogen (secondary N) is 2. The number of hydrogen-bond donors (Lipinski definition) is 2. The predicted octanol–water partition coefficient (Wildman–Crippen LogP) is 1.61. The number of rotatable bonds is 4. The molecule has 0 saturated carbocycles. The van der Waals surface area contributed by atoms with Gasteiger partial charge >= 0.3 is 0 Å². The van der Waals surface area contributed by atoms with Crippen LogP contribution in [0.3, 0.4) is 0 Å². The van der Waals surface area contributed by atoms with E-state index in [0.29, 0.717) is 16.0 Å². The van der Waals surface area contributed by atoms with Crippen molar-refractivity contribution in [3.05, 3.63) is 56.8 Å². The van der Waals surface area contributed by atoms with Crippen molar-refractivity contribution in [1.29, 1.82) is 0 Å². The second-order valence-corrected chi connectivity index (χ2v) is 7.33. The Bertz CT molecular complexity index is 935. The molecular weight excluding hydrogens is 366 g/mol. The fourth-order valence-electron chi connectivity index (χ4n) is 2.91. The molecule has 7 nitrogen and oxygen atoms in total. The molecule has 2 heterocycles. The van der Waals surface area contributed by atoms with Gasteiger partial charge in [0.2, 0.25) is 5.91 Å².